The minimum atomic E-state index is -0.220. The van der Waals surface area contributed by atoms with Crippen LogP contribution in [0, 0.1) is 11.8 Å². The highest BCUT2D eigenvalue weighted by Gasteiger charge is 2.39. The van der Waals surface area contributed by atoms with E-state index in [1.54, 1.807) is 6.20 Å². The minimum absolute atomic E-state index is 0.0579. The quantitative estimate of drug-likeness (QED) is 0.534. The van der Waals surface area contributed by atoms with Crippen LogP contribution in [0.25, 0.3) is 0 Å². The number of hydrogen-bond acceptors (Lipinski definition) is 5. The Hall–Kier alpha value is -2.73. The summed E-state index contributed by atoms with van der Waals surface area (Å²) in [5.74, 6) is 1.31. The molecule has 3 atom stereocenters. The number of benzene rings is 1. The maximum Gasteiger partial charge on any atom is 0.226 e. The predicted molar refractivity (Wildman–Crippen MR) is 141 cm³/mol. The number of amides is 1. The average molecular weight is 477 g/mol. The molecular formula is C29H40N4O2. The van der Waals surface area contributed by atoms with Crippen LogP contribution in [0.4, 0.5) is 11.5 Å². The number of aromatic nitrogens is 1. The van der Waals surface area contributed by atoms with E-state index in [0.29, 0.717) is 12.3 Å². The largest absolute Gasteiger partial charge is 0.335 e. The average Bonchev–Trinajstić information content (AvgIpc) is 3.41. The van der Waals surface area contributed by atoms with Gasteiger partial charge in [-0.3, -0.25) is 9.59 Å². The number of Topliss-reactive ketones (excluding diaryl/α,β-unsaturated/α-hetero) is 1. The molecule has 1 aromatic carbocycles. The fraction of sp³-hybridized carbons (Fsp3) is 0.552. The first kappa shape index (κ1) is 25.4. The van der Waals surface area contributed by atoms with Crippen molar-refractivity contribution in [3.8, 4) is 0 Å². The van der Waals surface area contributed by atoms with Crippen molar-refractivity contribution in [2.75, 3.05) is 25.5 Å². The molecule has 1 saturated carbocycles. The number of pyridine rings is 1. The molecule has 2 aromatic rings. The lowest BCUT2D eigenvalue weighted by Gasteiger charge is -2.35. The Kier molecular flexibility index (Phi) is 8.55. The Morgan fingerprint density at radius 2 is 1.89 bits per heavy atom. The van der Waals surface area contributed by atoms with Crippen molar-refractivity contribution < 1.29 is 9.59 Å². The predicted octanol–water partition coefficient (Wildman–Crippen LogP) is 5.28. The molecule has 35 heavy (non-hydrogen) atoms. The Morgan fingerprint density at radius 3 is 2.60 bits per heavy atom. The summed E-state index contributed by atoms with van der Waals surface area (Å²) < 4.78 is 0. The minimum Gasteiger partial charge on any atom is -0.335 e. The molecule has 0 bridgehead atoms. The Balaban J connectivity index is 1.56. The summed E-state index contributed by atoms with van der Waals surface area (Å²) in [6, 6.07) is 14.2. The summed E-state index contributed by atoms with van der Waals surface area (Å²) in [4.78, 5) is 35.6. The summed E-state index contributed by atoms with van der Waals surface area (Å²) >= 11 is 0. The van der Waals surface area contributed by atoms with Gasteiger partial charge in [0.2, 0.25) is 5.91 Å². The Labute approximate surface area is 210 Å². The molecule has 188 valence electrons. The van der Waals surface area contributed by atoms with Crippen LogP contribution in [-0.4, -0.2) is 48.3 Å². The van der Waals surface area contributed by atoms with E-state index in [-0.39, 0.29) is 29.7 Å². The van der Waals surface area contributed by atoms with E-state index >= 15 is 0 Å². The molecule has 0 radical (unpaired) electrons. The lowest BCUT2D eigenvalue weighted by atomic mass is 9.76. The van der Waals surface area contributed by atoms with E-state index in [1.807, 2.05) is 39.2 Å². The molecule has 6 nitrogen and oxygen atoms in total. The maximum atomic E-state index is 14.0. The molecule has 2 heterocycles. The summed E-state index contributed by atoms with van der Waals surface area (Å²) in [6.07, 6.45) is 9.77. The lowest BCUT2D eigenvalue weighted by molar-refractivity contribution is -0.141. The Bertz CT molecular complexity index is 989. The van der Waals surface area contributed by atoms with Gasteiger partial charge in [0.15, 0.2) is 0 Å². The van der Waals surface area contributed by atoms with Crippen LogP contribution < -0.4 is 10.2 Å². The number of ketones is 1. The summed E-state index contributed by atoms with van der Waals surface area (Å²) in [5.41, 5.74) is 2.22. The van der Waals surface area contributed by atoms with Gasteiger partial charge >= 0.3 is 0 Å². The van der Waals surface area contributed by atoms with Gasteiger partial charge in [0.1, 0.15) is 11.6 Å². The third-order valence-electron chi connectivity index (χ3n) is 8.04. The van der Waals surface area contributed by atoms with Crippen molar-refractivity contribution >= 4 is 23.2 Å². The first-order valence-corrected chi connectivity index (χ1v) is 13.2. The third-order valence-corrected chi connectivity index (χ3v) is 8.04. The molecular weight excluding hydrogens is 436 g/mol. The van der Waals surface area contributed by atoms with Crippen molar-refractivity contribution in [1.82, 2.24) is 15.2 Å². The molecule has 1 aliphatic heterocycles. The molecule has 1 N–H and O–H groups in total. The van der Waals surface area contributed by atoms with Crippen molar-refractivity contribution in [2.24, 2.45) is 11.8 Å². The second-order valence-electron chi connectivity index (χ2n) is 10.2. The zero-order chi connectivity index (χ0) is 24.8. The number of nitrogens with one attached hydrogen (secondary N) is 1. The molecule has 1 aromatic heterocycles. The highest BCUT2D eigenvalue weighted by molar-refractivity contribution is 5.90. The summed E-state index contributed by atoms with van der Waals surface area (Å²) in [7, 11) is 3.83. The van der Waals surface area contributed by atoms with Crippen LogP contribution in [0.1, 0.15) is 69.9 Å². The first-order chi connectivity index (χ1) is 17.0. The molecule has 0 unspecified atom stereocenters. The van der Waals surface area contributed by atoms with E-state index in [1.165, 1.54) is 6.42 Å². The number of nitrogens with zero attached hydrogens (tertiary/aromatic N) is 3. The van der Waals surface area contributed by atoms with E-state index in [9.17, 15) is 9.59 Å². The van der Waals surface area contributed by atoms with Gasteiger partial charge in [0, 0.05) is 37.8 Å². The molecule has 1 saturated heterocycles. The number of likely N-dealkylation sites (N-methyl/N-ethyl adjacent to an activating group) is 1. The van der Waals surface area contributed by atoms with Gasteiger partial charge < -0.3 is 15.1 Å². The van der Waals surface area contributed by atoms with E-state index in [0.717, 1.165) is 62.1 Å². The highest BCUT2D eigenvalue weighted by Crippen LogP contribution is 2.39. The molecule has 6 heteroatoms. The van der Waals surface area contributed by atoms with Crippen LogP contribution in [0.2, 0.25) is 0 Å². The molecule has 2 aliphatic rings. The first-order valence-electron chi connectivity index (χ1n) is 13.2. The van der Waals surface area contributed by atoms with Crippen LogP contribution in [-0.2, 0) is 9.59 Å². The van der Waals surface area contributed by atoms with Crippen molar-refractivity contribution in [1.29, 1.82) is 0 Å². The monoisotopic (exact) mass is 476 g/mol. The van der Waals surface area contributed by atoms with Gasteiger partial charge in [-0.2, -0.15) is 0 Å². The van der Waals surface area contributed by atoms with Gasteiger partial charge in [-0.25, -0.2) is 4.98 Å². The second kappa shape index (κ2) is 11.8. The topological polar surface area (TPSA) is 65.5 Å². The van der Waals surface area contributed by atoms with Gasteiger partial charge in [0.05, 0.1) is 12.1 Å². The normalized spacial score (nSPS) is 20.4. The SMILES string of the molecule is CN[C@@H](C)C(=O)C[C@H](C(=O)N1CCC[C@H]1c1cccc(N(C)c2ccccn2)c1)C1CCCCC1. The fourth-order valence-corrected chi connectivity index (χ4v) is 5.76. The lowest BCUT2D eigenvalue weighted by Crippen LogP contribution is -2.42. The molecule has 2 fully saturated rings. The molecule has 0 spiro atoms. The number of anilines is 2. The van der Waals surface area contributed by atoms with Crippen LogP contribution in [0.3, 0.4) is 0 Å². The number of hydrogen-bond donors (Lipinski definition) is 1. The van der Waals surface area contributed by atoms with Crippen LogP contribution in [0.15, 0.2) is 48.7 Å². The van der Waals surface area contributed by atoms with Crippen LogP contribution in [0.5, 0.6) is 0 Å². The zero-order valence-corrected chi connectivity index (χ0v) is 21.5. The molecule has 4 rings (SSSR count). The summed E-state index contributed by atoms with van der Waals surface area (Å²) in [5, 5.41) is 3.06. The fourth-order valence-electron chi connectivity index (χ4n) is 5.76. The third kappa shape index (κ3) is 5.92. The number of carbonyl (C=O) groups excluding carboxylic acids is 2. The van der Waals surface area contributed by atoms with Gasteiger partial charge in [-0.1, -0.05) is 37.5 Å². The van der Waals surface area contributed by atoms with Gasteiger partial charge in [-0.15, -0.1) is 0 Å². The van der Waals surface area contributed by atoms with Gasteiger partial charge in [0.25, 0.3) is 0 Å². The summed E-state index contributed by atoms with van der Waals surface area (Å²) in [6.45, 7) is 2.66. The van der Waals surface area contributed by atoms with E-state index < -0.39 is 0 Å². The standard InChI is InChI=1S/C29H40N4O2/c1-21(30-2)27(34)20-25(22-11-5-4-6-12-22)29(35)33-18-10-15-26(33)23-13-9-14-24(19-23)32(3)28-16-7-8-17-31-28/h7-9,13-14,16-17,19,21-22,25-26,30H,4-6,10-12,15,18,20H2,1-3H3/t21-,25-,26-/m0/s1. The zero-order valence-electron chi connectivity index (χ0n) is 21.5. The molecule has 1 aliphatic carbocycles. The molecule has 1 amide bonds. The van der Waals surface area contributed by atoms with Gasteiger partial charge in [-0.05, 0) is 75.4 Å². The van der Waals surface area contributed by atoms with E-state index in [2.05, 4.69) is 44.4 Å². The highest BCUT2D eigenvalue weighted by atomic mass is 16.2. The Morgan fingerprint density at radius 1 is 1.09 bits per heavy atom. The number of carbonyl (C=O) groups is 2. The van der Waals surface area contributed by atoms with Crippen LogP contribution >= 0.6 is 0 Å². The van der Waals surface area contributed by atoms with E-state index in [4.69, 9.17) is 0 Å². The number of rotatable bonds is 9. The van der Waals surface area contributed by atoms with Crippen molar-refractivity contribution in [3.63, 3.8) is 0 Å². The number of likely N-dealkylation sites (tertiary alicyclic amines) is 1. The smallest absolute Gasteiger partial charge is 0.226 e. The van der Waals surface area contributed by atoms with Crippen molar-refractivity contribution in [2.45, 2.75) is 70.4 Å². The second-order valence-corrected chi connectivity index (χ2v) is 10.2. The van der Waals surface area contributed by atoms with Crippen molar-refractivity contribution in [3.05, 3.63) is 54.2 Å². The maximum absolute atomic E-state index is 14.0.